The number of hydrogen-bond acceptors (Lipinski definition) is 6. The molecule has 0 radical (unpaired) electrons. The molecule has 2 N–H and O–H groups in total. The van der Waals surface area contributed by atoms with Gasteiger partial charge in [-0.05, 0) is 55.0 Å². The summed E-state index contributed by atoms with van der Waals surface area (Å²) in [6.07, 6.45) is 1.43. The van der Waals surface area contributed by atoms with E-state index in [1.54, 1.807) is 48.5 Å². The molecule has 0 heterocycles. The number of ether oxygens (including phenoxy) is 3. The van der Waals surface area contributed by atoms with Crippen LogP contribution in [0.15, 0.2) is 71.8 Å². The molecule has 9 heteroatoms. The van der Waals surface area contributed by atoms with Crippen molar-refractivity contribution >= 4 is 35.3 Å². The van der Waals surface area contributed by atoms with Crippen molar-refractivity contribution in [3.05, 3.63) is 82.9 Å². The summed E-state index contributed by atoms with van der Waals surface area (Å²) in [4.78, 5) is 24.5. The number of para-hydroxylation sites is 1. The predicted molar refractivity (Wildman–Crippen MR) is 131 cm³/mol. The second-order valence-electron chi connectivity index (χ2n) is 6.90. The highest BCUT2D eigenvalue weighted by molar-refractivity contribution is 6.32. The molecule has 8 nitrogen and oxygen atoms in total. The molecule has 3 aromatic carbocycles. The smallest absolute Gasteiger partial charge is 0.271 e. The first-order valence-electron chi connectivity index (χ1n) is 10.4. The maximum atomic E-state index is 12.3. The zero-order chi connectivity index (χ0) is 24.3. The van der Waals surface area contributed by atoms with Crippen LogP contribution in [0.1, 0.15) is 22.8 Å². The van der Waals surface area contributed by atoms with Crippen LogP contribution in [0.2, 0.25) is 5.02 Å². The third-order valence-corrected chi connectivity index (χ3v) is 4.73. The predicted octanol–water partition coefficient (Wildman–Crippen LogP) is 4.53. The van der Waals surface area contributed by atoms with Crippen molar-refractivity contribution in [1.82, 2.24) is 5.43 Å². The van der Waals surface area contributed by atoms with Gasteiger partial charge in [0, 0.05) is 11.3 Å². The van der Waals surface area contributed by atoms with E-state index >= 15 is 0 Å². The molecule has 0 aliphatic carbocycles. The van der Waals surface area contributed by atoms with Gasteiger partial charge in [0.25, 0.3) is 11.8 Å². The average molecular weight is 482 g/mol. The van der Waals surface area contributed by atoms with Gasteiger partial charge in [-0.15, -0.1) is 0 Å². The van der Waals surface area contributed by atoms with E-state index in [9.17, 15) is 9.59 Å². The van der Waals surface area contributed by atoms with Crippen molar-refractivity contribution in [2.45, 2.75) is 6.92 Å². The molecule has 0 aliphatic rings. The first-order valence-corrected chi connectivity index (χ1v) is 10.8. The van der Waals surface area contributed by atoms with E-state index in [0.29, 0.717) is 34.9 Å². The van der Waals surface area contributed by atoms with E-state index in [0.717, 1.165) is 0 Å². The molecule has 0 saturated heterocycles. The molecule has 3 aromatic rings. The Morgan fingerprint density at radius 2 is 1.82 bits per heavy atom. The second kappa shape index (κ2) is 12.3. The van der Waals surface area contributed by atoms with Crippen LogP contribution in [0.5, 0.6) is 17.2 Å². The minimum atomic E-state index is -0.393. The fourth-order valence-corrected chi connectivity index (χ4v) is 3.19. The number of nitrogens with one attached hydrogen (secondary N) is 2. The molecule has 3 rings (SSSR count). The molecular weight excluding hydrogens is 458 g/mol. The molecule has 0 atom stereocenters. The molecule has 34 heavy (non-hydrogen) atoms. The lowest BCUT2D eigenvalue weighted by Gasteiger charge is -2.14. The monoisotopic (exact) mass is 481 g/mol. The summed E-state index contributed by atoms with van der Waals surface area (Å²) >= 11 is 6.39. The number of hydrogen-bond donors (Lipinski definition) is 2. The Hall–Kier alpha value is -4.04. The summed E-state index contributed by atoms with van der Waals surface area (Å²) in [5, 5.41) is 6.95. The molecular formula is C25H24ClN3O5. The Morgan fingerprint density at radius 1 is 1.03 bits per heavy atom. The highest BCUT2D eigenvalue weighted by Crippen LogP contribution is 2.36. The fraction of sp³-hybridized carbons (Fsp3) is 0.160. The van der Waals surface area contributed by atoms with Crippen LogP contribution >= 0.6 is 11.6 Å². The number of rotatable bonds is 10. The average Bonchev–Trinajstić information content (AvgIpc) is 2.84. The van der Waals surface area contributed by atoms with Crippen LogP contribution in [0.4, 0.5) is 5.69 Å². The van der Waals surface area contributed by atoms with Crippen molar-refractivity contribution in [1.29, 1.82) is 0 Å². The van der Waals surface area contributed by atoms with Gasteiger partial charge in [-0.3, -0.25) is 9.59 Å². The third kappa shape index (κ3) is 6.98. The van der Waals surface area contributed by atoms with Gasteiger partial charge in [0.2, 0.25) is 0 Å². The van der Waals surface area contributed by atoms with Gasteiger partial charge in [-0.2, -0.15) is 5.10 Å². The van der Waals surface area contributed by atoms with Crippen molar-refractivity contribution in [3.8, 4) is 17.2 Å². The first kappa shape index (κ1) is 24.6. The lowest BCUT2D eigenvalue weighted by atomic mass is 10.2. The molecule has 0 saturated carbocycles. The zero-order valence-corrected chi connectivity index (χ0v) is 19.5. The Morgan fingerprint density at radius 3 is 2.56 bits per heavy atom. The topological polar surface area (TPSA) is 98.2 Å². The molecule has 0 spiro atoms. The molecule has 2 amide bonds. The van der Waals surface area contributed by atoms with E-state index in [2.05, 4.69) is 15.8 Å². The number of carbonyl (C=O) groups is 2. The normalized spacial score (nSPS) is 10.6. The van der Waals surface area contributed by atoms with Crippen LogP contribution in [-0.4, -0.2) is 38.4 Å². The molecule has 0 aromatic heterocycles. The van der Waals surface area contributed by atoms with Crippen molar-refractivity contribution in [2.75, 3.05) is 25.6 Å². The van der Waals surface area contributed by atoms with Gasteiger partial charge in [-0.1, -0.05) is 35.9 Å². The summed E-state index contributed by atoms with van der Waals surface area (Å²) in [6.45, 7) is 1.92. The molecule has 176 valence electrons. The Balaban J connectivity index is 1.66. The maximum absolute atomic E-state index is 12.3. The maximum Gasteiger partial charge on any atom is 0.271 e. The zero-order valence-electron chi connectivity index (χ0n) is 18.7. The van der Waals surface area contributed by atoms with Gasteiger partial charge in [-0.25, -0.2) is 5.43 Å². The SMILES string of the molecule is CCOc1cc(/C=N/NC(=O)c2cccc(OC)c2)cc(Cl)c1OCC(=O)Nc1ccccc1. The van der Waals surface area contributed by atoms with E-state index in [4.69, 9.17) is 25.8 Å². The Labute approximate surface area is 202 Å². The number of benzene rings is 3. The van der Waals surface area contributed by atoms with E-state index in [-0.39, 0.29) is 23.3 Å². The molecule has 0 unspecified atom stereocenters. The Kier molecular flexibility index (Phi) is 8.88. The standard InChI is InChI=1S/C25H24ClN3O5/c1-3-33-22-13-17(15-27-29-25(31)18-8-7-11-20(14-18)32-2)12-21(26)24(22)34-16-23(30)28-19-9-5-4-6-10-19/h4-15H,3,16H2,1-2H3,(H,28,30)(H,29,31)/b27-15+. The van der Waals surface area contributed by atoms with Crippen molar-refractivity contribution < 1.29 is 23.8 Å². The summed E-state index contributed by atoms with van der Waals surface area (Å²) in [7, 11) is 1.53. The number of methoxy groups -OCH3 is 1. The lowest BCUT2D eigenvalue weighted by molar-refractivity contribution is -0.118. The third-order valence-electron chi connectivity index (χ3n) is 4.45. The fourth-order valence-electron chi connectivity index (χ4n) is 2.92. The molecule has 0 aliphatic heterocycles. The van der Waals surface area contributed by atoms with E-state index in [1.165, 1.54) is 13.3 Å². The highest BCUT2D eigenvalue weighted by atomic mass is 35.5. The second-order valence-corrected chi connectivity index (χ2v) is 7.30. The van der Waals surface area contributed by atoms with E-state index in [1.807, 2.05) is 25.1 Å². The van der Waals surface area contributed by atoms with Crippen LogP contribution in [-0.2, 0) is 4.79 Å². The van der Waals surface area contributed by atoms with Crippen LogP contribution < -0.4 is 25.0 Å². The van der Waals surface area contributed by atoms with Gasteiger partial charge >= 0.3 is 0 Å². The first-order chi connectivity index (χ1) is 16.5. The largest absolute Gasteiger partial charge is 0.497 e. The van der Waals surface area contributed by atoms with E-state index < -0.39 is 5.91 Å². The van der Waals surface area contributed by atoms with Gasteiger partial charge in [0.15, 0.2) is 18.1 Å². The quantitative estimate of drug-likeness (QED) is 0.327. The summed E-state index contributed by atoms with van der Waals surface area (Å²) in [6, 6.07) is 19.0. The number of halogens is 1. The van der Waals surface area contributed by atoms with Crippen LogP contribution in [0, 0.1) is 0 Å². The van der Waals surface area contributed by atoms with Gasteiger partial charge in [0.1, 0.15) is 5.75 Å². The summed E-state index contributed by atoms with van der Waals surface area (Å²) < 4.78 is 16.4. The lowest BCUT2D eigenvalue weighted by Crippen LogP contribution is -2.20. The Bertz CT molecular complexity index is 1170. The van der Waals surface area contributed by atoms with Crippen molar-refractivity contribution in [3.63, 3.8) is 0 Å². The molecule has 0 bridgehead atoms. The molecule has 0 fully saturated rings. The number of carbonyl (C=O) groups excluding carboxylic acids is 2. The summed E-state index contributed by atoms with van der Waals surface area (Å²) in [5.74, 6) is 0.427. The van der Waals surface area contributed by atoms with Crippen LogP contribution in [0.3, 0.4) is 0 Å². The highest BCUT2D eigenvalue weighted by Gasteiger charge is 2.14. The van der Waals surface area contributed by atoms with Crippen LogP contribution in [0.25, 0.3) is 0 Å². The minimum absolute atomic E-state index is 0.235. The van der Waals surface area contributed by atoms with Crippen molar-refractivity contribution in [2.24, 2.45) is 5.10 Å². The minimum Gasteiger partial charge on any atom is -0.497 e. The van der Waals surface area contributed by atoms with Gasteiger partial charge in [0.05, 0.1) is 25.0 Å². The number of hydrazone groups is 1. The van der Waals surface area contributed by atoms with Gasteiger partial charge < -0.3 is 19.5 Å². The number of nitrogens with zero attached hydrogens (tertiary/aromatic N) is 1. The summed E-state index contributed by atoms with van der Waals surface area (Å²) in [5.41, 5.74) is 4.09. The number of anilines is 1. The number of amides is 2.